The Hall–Kier alpha value is -1.53. The molecule has 1 aromatic rings. The Morgan fingerprint density at radius 1 is 1.35 bits per heavy atom. The molecular formula is C14H16F2N2O2. The van der Waals surface area contributed by atoms with Gasteiger partial charge in [0, 0.05) is 24.8 Å². The van der Waals surface area contributed by atoms with E-state index in [0.717, 1.165) is 25.0 Å². The van der Waals surface area contributed by atoms with Crippen LogP contribution < -0.4 is 5.32 Å². The molecule has 4 nitrogen and oxygen atoms in total. The Kier molecular flexibility index (Phi) is 3.22. The Balaban J connectivity index is 1.49. The number of hydrogen-bond acceptors (Lipinski definition) is 3. The molecule has 0 bridgehead atoms. The van der Waals surface area contributed by atoms with Crippen LogP contribution in [0.5, 0.6) is 0 Å². The summed E-state index contributed by atoms with van der Waals surface area (Å²) < 4.78 is 25.8. The fourth-order valence-electron chi connectivity index (χ4n) is 2.70. The minimum absolute atomic E-state index is 0.147. The predicted octanol–water partition coefficient (Wildman–Crippen LogP) is 1.36. The first-order valence-corrected chi connectivity index (χ1v) is 6.66. The maximum absolute atomic E-state index is 13.0. The predicted molar refractivity (Wildman–Crippen MR) is 69.1 cm³/mol. The van der Waals surface area contributed by atoms with Crippen LogP contribution in [0.4, 0.5) is 14.5 Å². The molecule has 1 saturated carbocycles. The highest BCUT2D eigenvalue weighted by molar-refractivity contribution is 5.92. The smallest absolute Gasteiger partial charge is 0.238 e. The van der Waals surface area contributed by atoms with Crippen molar-refractivity contribution in [2.45, 2.75) is 18.4 Å². The minimum Gasteiger partial charge on any atom is -0.387 e. The Morgan fingerprint density at radius 2 is 2.05 bits per heavy atom. The first kappa shape index (κ1) is 13.5. The van der Waals surface area contributed by atoms with Gasteiger partial charge < -0.3 is 10.4 Å². The minimum atomic E-state index is -0.991. The van der Waals surface area contributed by atoms with Crippen LogP contribution in [0.15, 0.2) is 18.2 Å². The summed E-state index contributed by atoms with van der Waals surface area (Å²) in [4.78, 5) is 13.6. The summed E-state index contributed by atoms with van der Waals surface area (Å²) >= 11 is 0. The maximum atomic E-state index is 13.0. The lowest BCUT2D eigenvalue weighted by molar-refractivity contribution is -0.132. The number of carbonyl (C=O) groups is 1. The largest absolute Gasteiger partial charge is 0.387 e. The summed E-state index contributed by atoms with van der Waals surface area (Å²) in [7, 11) is 0. The summed E-state index contributed by atoms with van der Waals surface area (Å²) in [6.07, 6.45) is 2.12. The molecule has 0 spiro atoms. The van der Waals surface area contributed by atoms with Gasteiger partial charge in [-0.05, 0) is 30.9 Å². The van der Waals surface area contributed by atoms with Gasteiger partial charge in [0.1, 0.15) is 0 Å². The second-order valence-corrected chi connectivity index (χ2v) is 5.70. The summed E-state index contributed by atoms with van der Waals surface area (Å²) in [6.45, 7) is 1.15. The van der Waals surface area contributed by atoms with Gasteiger partial charge in [0.25, 0.3) is 0 Å². The number of halogens is 2. The summed E-state index contributed by atoms with van der Waals surface area (Å²) in [5.41, 5.74) is -0.394. The van der Waals surface area contributed by atoms with E-state index in [1.54, 1.807) is 0 Å². The highest BCUT2D eigenvalue weighted by atomic mass is 19.2. The molecule has 2 N–H and O–H groups in total. The second-order valence-electron chi connectivity index (χ2n) is 5.70. The number of carbonyl (C=O) groups excluding carboxylic acids is 1. The van der Waals surface area contributed by atoms with Crippen molar-refractivity contribution in [3.8, 4) is 0 Å². The van der Waals surface area contributed by atoms with Crippen molar-refractivity contribution in [3.05, 3.63) is 29.8 Å². The third-order valence-electron chi connectivity index (χ3n) is 3.90. The average molecular weight is 282 g/mol. The highest BCUT2D eigenvalue weighted by Gasteiger charge is 2.51. The van der Waals surface area contributed by atoms with E-state index in [-0.39, 0.29) is 18.1 Å². The Morgan fingerprint density at radius 3 is 2.65 bits per heavy atom. The Labute approximate surface area is 115 Å². The van der Waals surface area contributed by atoms with Crippen molar-refractivity contribution < 1.29 is 18.7 Å². The van der Waals surface area contributed by atoms with Crippen LogP contribution >= 0.6 is 0 Å². The van der Waals surface area contributed by atoms with Crippen molar-refractivity contribution in [2.75, 3.05) is 25.0 Å². The lowest BCUT2D eigenvalue weighted by Gasteiger charge is -2.46. The lowest BCUT2D eigenvalue weighted by atomic mass is 9.89. The number of β-amino-alcohol motifs (C(OH)–C–C–N with tert-alkyl or cyclic N) is 1. The monoisotopic (exact) mass is 282 g/mol. The number of nitrogens with one attached hydrogen (secondary N) is 1. The van der Waals surface area contributed by atoms with Gasteiger partial charge in [0.2, 0.25) is 5.91 Å². The standard InChI is InChI=1S/C14H16F2N2O2/c15-11-4-3-10(5-12(11)16)17-13(19)6-18-7-14(20,8-18)9-1-2-9/h3-5,9,20H,1-2,6-8H2,(H,17,19). The fraction of sp³-hybridized carbons (Fsp3) is 0.500. The van der Waals surface area contributed by atoms with Crippen LogP contribution in [-0.4, -0.2) is 41.1 Å². The van der Waals surface area contributed by atoms with Gasteiger partial charge in [-0.2, -0.15) is 0 Å². The number of amides is 1. The van der Waals surface area contributed by atoms with Gasteiger partial charge in [-0.15, -0.1) is 0 Å². The van der Waals surface area contributed by atoms with Crippen molar-refractivity contribution in [2.24, 2.45) is 5.92 Å². The number of rotatable bonds is 4. The zero-order chi connectivity index (χ0) is 14.3. The SMILES string of the molecule is O=C(CN1CC(O)(C2CC2)C1)Nc1ccc(F)c(F)c1. The van der Waals surface area contributed by atoms with Crippen LogP contribution in [0, 0.1) is 17.6 Å². The quantitative estimate of drug-likeness (QED) is 0.876. The van der Waals surface area contributed by atoms with Crippen molar-refractivity contribution >= 4 is 11.6 Å². The van der Waals surface area contributed by atoms with Gasteiger partial charge in [0.05, 0.1) is 12.1 Å². The lowest BCUT2D eigenvalue weighted by Crippen LogP contribution is -2.64. The summed E-state index contributed by atoms with van der Waals surface area (Å²) in [6, 6.07) is 3.23. The first-order chi connectivity index (χ1) is 9.46. The van der Waals surface area contributed by atoms with Crippen molar-refractivity contribution in [3.63, 3.8) is 0 Å². The van der Waals surface area contributed by atoms with Crippen LogP contribution in [0.2, 0.25) is 0 Å². The topological polar surface area (TPSA) is 52.6 Å². The highest BCUT2D eigenvalue weighted by Crippen LogP contribution is 2.44. The zero-order valence-electron chi connectivity index (χ0n) is 10.9. The molecule has 1 aromatic carbocycles. The molecule has 1 aliphatic heterocycles. The summed E-state index contributed by atoms with van der Waals surface area (Å²) in [5.74, 6) is -1.85. The van der Waals surface area contributed by atoms with E-state index in [0.29, 0.717) is 19.0 Å². The Bertz CT molecular complexity index is 540. The number of benzene rings is 1. The fourth-order valence-corrected chi connectivity index (χ4v) is 2.70. The molecule has 3 rings (SSSR count). The van der Waals surface area contributed by atoms with E-state index in [4.69, 9.17) is 0 Å². The normalized spacial score (nSPS) is 21.4. The molecule has 2 aliphatic rings. The number of likely N-dealkylation sites (tertiary alicyclic amines) is 1. The van der Waals surface area contributed by atoms with E-state index >= 15 is 0 Å². The van der Waals surface area contributed by atoms with E-state index in [1.165, 1.54) is 6.07 Å². The maximum Gasteiger partial charge on any atom is 0.238 e. The number of aliphatic hydroxyl groups is 1. The van der Waals surface area contributed by atoms with Crippen LogP contribution in [-0.2, 0) is 4.79 Å². The molecule has 0 atom stereocenters. The second kappa shape index (κ2) is 4.79. The summed E-state index contributed by atoms with van der Waals surface area (Å²) in [5, 5.41) is 12.6. The van der Waals surface area contributed by atoms with Gasteiger partial charge in [0.15, 0.2) is 11.6 Å². The molecule has 1 saturated heterocycles. The average Bonchev–Trinajstić information content (AvgIpc) is 3.16. The molecule has 1 aliphatic carbocycles. The molecule has 0 unspecified atom stereocenters. The third kappa shape index (κ3) is 2.66. The van der Waals surface area contributed by atoms with Crippen LogP contribution in [0.1, 0.15) is 12.8 Å². The molecule has 2 fully saturated rings. The van der Waals surface area contributed by atoms with E-state index < -0.39 is 17.2 Å². The molecule has 0 aromatic heterocycles. The third-order valence-corrected chi connectivity index (χ3v) is 3.90. The van der Waals surface area contributed by atoms with Crippen molar-refractivity contribution in [1.29, 1.82) is 0 Å². The van der Waals surface area contributed by atoms with Crippen LogP contribution in [0.25, 0.3) is 0 Å². The van der Waals surface area contributed by atoms with Crippen LogP contribution in [0.3, 0.4) is 0 Å². The molecule has 6 heteroatoms. The number of anilines is 1. The number of nitrogens with zero attached hydrogens (tertiary/aromatic N) is 1. The zero-order valence-corrected chi connectivity index (χ0v) is 10.9. The first-order valence-electron chi connectivity index (χ1n) is 6.66. The van der Waals surface area contributed by atoms with Gasteiger partial charge in [-0.25, -0.2) is 8.78 Å². The number of hydrogen-bond donors (Lipinski definition) is 2. The molecule has 0 radical (unpaired) electrons. The van der Waals surface area contributed by atoms with Crippen molar-refractivity contribution in [1.82, 2.24) is 4.90 Å². The molecule has 108 valence electrons. The molecular weight excluding hydrogens is 266 g/mol. The van der Waals surface area contributed by atoms with Gasteiger partial charge in [-0.3, -0.25) is 9.69 Å². The van der Waals surface area contributed by atoms with E-state index in [2.05, 4.69) is 5.32 Å². The van der Waals surface area contributed by atoms with E-state index in [1.807, 2.05) is 4.90 Å². The van der Waals surface area contributed by atoms with Gasteiger partial charge >= 0.3 is 0 Å². The van der Waals surface area contributed by atoms with E-state index in [9.17, 15) is 18.7 Å². The molecule has 1 amide bonds. The molecule has 1 heterocycles. The van der Waals surface area contributed by atoms with Gasteiger partial charge in [-0.1, -0.05) is 0 Å². The molecule has 20 heavy (non-hydrogen) atoms.